The average Bonchev–Trinajstić information content (AvgIpc) is 2.36. The third kappa shape index (κ3) is 2.02. The van der Waals surface area contributed by atoms with E-state index < -0.39 is 6.10 Å². The van der Waals surface area contributed by atoms with Gasteiger partial charge in [-0.05, 0) is 23.9 Å². The highest BCUT2D eigenvalue weighted by atomic mass is 32.1. The lowest BCUT2D eigenvalue weighted by atomic mass is 10.1. The second-order valence-electron chi connectivity index (χ2n) is 2.50. The van der Waals surface area contributed by atoms with E-state index in [9.17, 15) is 5.11 Å². The smallest absolute Gasteiger partial charge is 0.0906 e. The molecule has 0 unspecified atom stereocenters. The minimum absolute atomic E-state index is 0.0402. The highest BCUT2D eigenvalue weighted by Crippen LogP contribution is 2.25. The van der Waals surface area contributed by atoms with Crippen LogP contribution in [0.2, 0.25) is 0 Å². The zero-order valence-electron chi connectivity index (χ0n) is 6.45. The molecular formula is C8H12O2S. The number of aliphatic hydroxyl groups is 2. The molecule has 0 fully saturated rings. The summed E-state index contributed by atoms with van der Waals surface area (Å²) in [6, 6.07) is 1.97. The first-order valence-corrected chi connectivity index (χ1v) is 4.46. The Morgan fingerprint density at radius 3 is 2.82 bits per heavy atom. The Morgan fingerprint density at radius 2 is 2.36 bits per heavy atom. The summed E-state index contributed by atoms with van der Waals surface area (Å²) in [4.78, 5) is 0.971. The van der Waals surface area contributed by atoms with Gasteiger partial charge in [0.15, 0.2) is 0 Å². The topological polar surface area (TPSA) is 40.5 Å². The molecule has 11 heavy (non-hydrogen) atoms. The summed E-state index contributed by atoms with van der Waals surface area (Å²) in [7, 11) is 0. The molecule has 1 rings (SSSR count). The van der Waals surface area contributed by atoms with Gasteiger partial charge in [-0.2, -0.15) is 0 Å². The Kier molecular flexibility index (Phi) is 3.05. The first-order chi connectivity index (χ1) is 5.25. The highest BCUT2D eigenvalue weighted by Gasteiger charge is 2.09. The maximum Gasteiger partial charge on any atom is 0.0906 e. The van der Waals surface area contributed by atoms with Crippen molar-refractivity contribution in [2.75, 3.05) is 6.61 Å². The predicted molar refractivity (Wildman–Crippen MR) is 45.7 cm³/mol. The molecule has 0 spiro atoms. The molecule has 3 heteroatoms. The van der Waals surface area contributed by atoms with Crippen LogP contribution >= 0.6 is 11.3 Å². The van der Waals surface area contributed by atoms with Gasteiger partial charge in [0.25, 0.3) is 0 Å². The molecule has 0 aliphatic rings. The summed E-state index contributed by atoms with van der Waals surface area (Å²) in [6.07, 6.45) is -0.0542. The molecule has 1 aromatic heterocycles. The molecule has 0 amide bonds. The molecule has 1 atom stereocenters. The first kappa shape index (κ1) is 8.71. The number of hydrogen-bond acceptors (Lipinski definition) is 3. The van der Waals surface area contributed by atoms with Gasteiger partial charge in [0, 0.05) is 17.9 Å². The minimum atomic E-state index is -0.486. The lowest BCUT2D eigenvalue weighted by molar-refractivity contribution is 0.137. The molecule has 0 bridgehead atoms. The van der Waals surface area contributed by atoms with E-state index in [0.29, 0.717) is 6.42 Å². The second kappa shape index (κ2) is 3.85. The number of rotatable bonds is 3. The monoisotopic (exact) mass is 172 g/mol. The molecule has 0 saturated heterocycles. The van der Waals surface area contributed by atoms with Crippen LogP contribution in [0.4, 0.5) is 0 Å². The van der Waals surface area contributed by atoms with Gasteiger partial charge in [0.05, 0.1) is 6.10 Å². The van der Waals surface area contributed by atoms with Crippen molar-refractivity contribution in [2.45, 2.75) is 19.4 Å². The summed E-state index contributed by atoms with van der Waals surface area (Å²) in [5, 5.41) is 20.0. The van der Waals surface area contributed by atoms with E-state index in [0.717, 1.165) is 10.4 Å². The van der Waals surface area contributed by atoms with Crippen LogP contribution < -0.4 is 0 Å². The SMILES string of the molecule is Cc1ccsc1[C@H](O)CCO. The van der Waals surface area contributed by atoms with Crippen molar-refractivity contribution in [3.05, 3.63) is 21.9 Å². The Labute approximate surface area is 70.1 Å². The van der Waals surface area contributed by atoms with E-state index in [2.05, 4.69) is 0 Å². The molecule has 0 aliphatic carbocycles. The van der Waals surface area contributed by atoms with Crippen molar-refractivity contribution in [2.24, 2.45) is 0 Å². The summed E-state index contributed by atoms with van der Waals surface area (Å²) in [5.74, 6) is 0. The van der Waals surface area contributed by atoms with Gasteiger partial charge < -0.3 is 10.2 Å². The van der Waals surface area contributed by atoms with E-state index >= 15 is 0 Å². The molecule has 1 heterocycles. The standard InChI is InChI=1S/C8H12O2S/c1-6-3-5-11-8(6)7(10)2-4-9/h3,5,7,9-10H,2,4H2,1H3/t7-/m1/s1. The Bertz CT molecular complexity index is 220. The van der Waals surface area contributed by atoms with Crippen molar-refractivity contribution in [3.63, 3.8) is 0 Å². The summed E-state index contributed by atoms with van der Waals surface area (Å²) in [5.41, 5.74) is 1.11. The molecule has 0 aromatic carbocycles. The van der Waals surface area contributed by atoms with Gasteiger partial charge in [-0.25, -0.2) is 0 Å². The van der Waals surface area contributed by atoms with Crippen molar-refractivity contribution in [3.8, 4) is 0 Å². The van der Waals surface area contributed by atoms with Crippen LogP contribution in [0.25, 0.3) is 0 Å². The fraction of sp³-hybridized carbons (Fsp3) is 0.500. The lowest BCUT2D eigenvalue weighted by Gasteiger charge is -2.06. The summed E-state index contributed by atoms with van der Waals surface area (Å²) >= 11 is 1.54. The normalized spacial score (nSPS) is 13.4. The number of aliphatic hydroxyl groups excluding tert-OH is 2. The third-order valence-electron chi connectivity index (χ3n) is 1.61. The largest absolute Gasteiger partial charge is 0.396 e. The highest BCUT2D eigenvalue weighted by molar-refractivity contribution is 7.10. The van der Waals surface area contributed by atoms with Crippen LogP contribution in [0.3, 0.4) is 0 Å². The zero-order valence-corrected chi connectivity index (χ0v) is 7.27. The Hall–Kier alpha value is -0.380. The molecular weight excluding hydrogens is 160 g/mol. The van der Waals surface area contributed by atoms with Crippen molar-refractivity contribution >= 4 is 11.3 Å². The Balaban J connectivity index is 2.67. The van der Waals surface area contributed by atoms with Gasteiger partial charge in [0.2, 0.25) is 0 Å². The summed E-state index contributed by atoms with van der Waals surface area (Å²) < 4.78 is 0. The average molecular weight is 172 g/mol. The molecule has 1 aromatic rings. The van der Waals surface area contributed by atoms with E-state index in [1.165, 1.54) is 11.3 Å². The molecule has 0 saturated carbocycles. The van der Waals surface area contributed by atoms with Crippen molar-refractivity contribution in [1.82, 2.24) is 0 Å². The van der Waals surface area contributed by atoms with Crippen LogP contribution in [-0.2, 0) is 0 Å². The van der Waals surface area contributed by atoms with Gasteiger partial charge in [-0.15, -0.1) is 11.3 Å². The van der Waals surface area contributed by atoms with Crippen LogP contribution in [-0.4, -0.2) is 16.8 Å². The number of hydrogen-bond donors (Lipinski definition) is 2. The van der Waals surface area contributed by atoms with Crippen LogP contribution in [0.15, 0.2) is 11.4 Å². The van der Waals surface area contributed by atoms with Crippen molar-refractivity contribution < 1.29 is 10.2 Å². The van der Waals surface area contributed by atoms with Crippen LogP contribution in [0.1, 0.15) is 23.0 Å². The second-order valence-corrected chi connectivity index (χ2v) is 3.44. The molecule has 2 N–H and O–H groups in total. The molecule has 0 aliphatic heterocycles. The third-order valence-corrected chi connectivity index (χ3v) is 2.73. The zero-order chi connectivity index (χ0) is 8.27. The Morgan fingerprint density at radius 1 is 1.64 bits per heavy atom. The lowest BCUT2D eigenvalue weighted by Crippen LogP contribution is -1.98. The molecule has 0 radical (unpaired) electrons. The predicted octanol–water partition coefficient (Wildman–Crippen LogP) is 1.47. The van der Waals surface area contributed by atoms with Crippen LogP contribution in [0, 0.1) is 6.92 Å². The van der Waals surface area contributed by atoms with Gasteiger partial charge in [-0.3, -0.25) is 0 Å². The van der Waals surface area contributed by atoms with E-state index in [1.807, 2.05) is 18.4 Å². The maximum atomic E-state index is 9.44. The molecule has 62 valence electrons. The molecule has 2 nitrogen and oxygen atoms in total. The van der Waals surface area contributed by atoms with Gasteiger partial charge >= 0.3 is 0 Å². The van der Waals surface area contributed by atoms with Gasteiger partial charge in [-0.1, -0.05) is 0 Å². The number of thiophene rings is 1. The quantitative estimate of drug-likeness (QED) is 0.725. The minimum Gasteiger partial charge on any atom is -0.396 e. The van der Waals surface area contributed by atoms with Crippen molar-refractivity contribution in [1.29, 1.82) is 0 Å². The van der Waals surface area contributed by atoms with Crippen LogP contribution in [0.5, 0.6) is 0 Å². The van der Waals surface area contributed by atoms with Gasteiger partial charge in [0.1, 0.15) is 0 Å². The van der Waals surface area contributed by atoms with E-state index in [-0.39, 0.29) is 6.61 Å². The fourth-order valence-electron chi connectivity index (χ4n) is 0.979. The first-order valence-electron chi connectivity index (χ1n) is 3.58. The maximum absolute atomic E-state index is 9.44. The number of aryl methyl sites for hydroxylation is 1. The summed E-state index contributed by atoms with van der Waals surface area (Å²) in [6.45, 7) is 2.00. The van der Waals surface area contributed by atoms with E-state index in [4.69, 9.17) is 5.11 Å². The fourth-order valence-corrected chi connectivity index (χ4v) is 1.93. The van der Waals surface area contributed by atoms with E-state index in [1.54, 1.807) is 0 Å².